The SMILES string of the molecule is CCn1nc(C)cc1CNc1cccc(Cl)c1F. The molecule has 0 radical (unpaired) electrons. The summed E-state index contributed by atoms with van der Waals surface area (Å²) in [5, 5.41) is 7.50. The van der Waals surface area contributed by atoms with Gasteiger partial charge in [-0.15, -0.1) is 0 Å². The number of benzene rings is 1. The van der Waals surface area contributed by atoms with Gasteiger partial charge in [-0.25, -0.2) is 4.39 Å². The van der Waals surface area contributed by atoms with E-state index in [0.29, 0.717) is 12.2 Å². The second-order valence-corrected chi connectivity index (χ2v) is 4.45. The Hall–Kier alpha value is -1.55. The predicted octanol–water partition coefficient (Wildman–Crippen LogP) is 3.62. The number of nitrogens with one attached hydrogen (secondary N) is 1. The van der Waals surface area contributed by atoms with Crippen molar-refractivity contribution in [3.8, 4) is 0 Å². The topological polar surface area (TPSA) is 29.9 Å². The van der Waals surface area contributed by atoms with Crippen molar-refractivity contribution >= 4 is 17.3 Å². The van der Waals surface area contributed by atoms with Crippen LogP contribution in [0.3, 0.4) is 0 Å². The first kappa shape index (κ1) is 12.9. The van der Waals surface area contributed by atoms with Crippen LogP contribution >= 0.6 is 11.6 Å². The molecule has 0 fully saturated rings. The summed E-state index contributed by atoms with van der Waals surface area (Å²) in [6.07, 6.45) is 0. The molecule has 2 aromatic rings. The summed E-state index contributed by atoms with van der Waals surface area (Å²) in [7, 11) is 0. The molecule has 1 N–H and O–H groups in total. The lowest BCUT2D eigenvalue weighted by atomic mass is 10.3. The zero-order valence-corrected chi connectivity index (χ0v) is 11.1. The normalized spacial score (nSPS) is 10.7. The summed E-state index contributed by atoms with van der Waals surface area (Å²) in [6, 6.07) is 6.90. The number of hydrogen-bond donors (Lipinski definition) is 1. The van der Waals surface area contributed by atoms with Crippen LogP contribution in [0.1, 0.15) is 18.3 Å². The Balaban J connectivity index is 2.13. The van der Waals surface area contributed by atoms with E-state index in [4.69, 9.17) is 11.6 Å². The van der Waals surface area contributed by atoms with Crippen molar-refractivity contribution in [1.29, 1.82) is 0 Å². The maximum Gasteiger partial charge on any atom is 0.164 e. The Kier molecular flexibility index (Phi) is 3.87. The van der Waals surface area contributed by atoms with E-state index in [9.17, 15) is 4.39 Å². The van der Waals surface area contributed by atoms with Gasteiger partial charge in [-0.05, 0) is 32.0 Å². The lowest BCUT2D eigenvalue weighted by molar-refractivity contribution is 0.616. The van der Waals surface area contributed by atoms with Gasteiger partial charge in [-0.1, -0.05) is 17.7 Å². The number of aryl methyl sites for hydroxylation is 2. The number of halogens is 2. The van der Waals surface area contributed by atoms with Crippen LogP contribution in [0.15, 0.2) is 24.3 Å². The maximum atomic E-state index is 13.7. The largest absolute Gasteiger partial charge is 0.377 e. The fourth-order valence-electron chi connectivity index (χ4n) is 1.84. The molecular weight excluding hydrogens is 253 g/mol. The molecule has 0 aliphatic rings. The molecule has 0 saturated heterocycles. The minimum absolute atomic E-state index is 0.125. The van der Waals surface area contributed by atoms with Crippen LogP contribution < -0.4 is 5.32 Å². The van der Waals surface area contributed by atoms with Gasteiger partial charge in [0.1, 0.15) is 0 Å². The summed E-state index contributed by atoms with van der Waals surface area (Å²) >= 11 is 5.73. The third kappa shape index (κ3) is 2.64. The van der Waals surface area contributed by atoms with Crippen molar-refractivity contribution in [2.45, 2.75) is 26.9 Å². The van der Waals surface area contributed by atoms with Gasteiger partial charge in [0.15, 0.2) is 5.82 Å². The molecule has 0 unspecified atom stereocenters. The van der Waals surface area contributed by atoms with Gasteiger partial charge in [0.05, 0.1) is 28.6 Å². The van der Waals surface area contributed by atoms with Gasteiger partial charge in [0.2, 0.25) is 0 Å². The van der Waals surface area contributed by atoms with E-state index in [1.807, 2.05) is 24.6 Å². The van der Waals surface area contributed by atoms with Crippen molar-refractivity contribution in [2.24, 2.45) is 0 Å². The molecule has 0 aliphatic carbocycles. The molecule has 0 bridgehead atoms. The maximum absolute atomic E-state index is 13.7. The summed E-state index contributed by atoms with van der Waals surface area (Å²) in [5.41, 5.74) is 2.39. The first-order chi connectivity index (χ1) is 8.61. The third-order valence-electron chi connectivity index (χ3n) is 2.70. The number of aromatic nitrogens is 2. The van der Waals surface area contributed by atoms with Gasteiger partial charge >= 0.3 is 0 Å². The molecule has 18 heavy (non-hydrogen) atoms. The fourth-order valence-corrected chi connectivity index (χ4v) is 2.02. The van der Waals surface area contributed by atoms with Crippen LogP contribution in [-0.4, -0.2) is 9.78 Å². The van der Waals surface area contributed by atoms with Crippen LogP contribution in [0.25, 0.3) is 0 Å². The van der Waals surface area contributed by atoms with Crippen molar-refractivity contribution in [3.05, 3.63) is 46.5 Å². The molecule has 1 aromatic heterocycles. The Morgan fingerprint density at radius 1 is 1.44 bits per heavy atom. The molecule has 0 aliphatic heterocycles. The first-order valence-electron chi connectivity index (χ1n) is 5.83. The number of nitrogens with zero attached hydrogens (tertiary/aromatic N) is 2. The smallest absolute Gasteiger partial charge is 0.164 e. The Bertz CT molecular complexity index is 551. The van der Waals surface area contributed by atoms with E-state index in [1.165, 1.54) is 6.07 Å². The summed E-state index contributed by atoms with van der Waals surface area (Å²) < 4.78 is 15.6. The number of anilines is 1. The molecule has 1 heterocycles. The highest BCUT2D eigenvalue weighted by atomic mass is 35.5. The minimum Gasteiger partial charge on any atom is -0.377 e. The van der Waals surface area contributed by atoms with E-state index < -0.39 is 5.82 Å². The Morgan fingerprint density at radius 2 is 2.22 bits per heavy atom. The highest BCUT2D eigenvalue weighted by Crippen LogP contribution is 2.22. The van der Waals surface area contributed by atoms with Crippen LogP contribution in [-0.2, 0) is 13.1 Å². The molecule has 5 heteroatoms. The van der Waals surface area contributed by atoms with Crippen LogP contribution in [0, 0.1) is 12.7 Å². The first-order valence-corrected chi connectivity index (χ1v) is 6.20. The van der Waals surface area contributed by atoms with Gasteiger partial charge in [0, 0.05) is 6.54 Å². The fraction of sp³-hybridized carbons (Fsp3) is 0.308. The van der Waals surface area contributed by atoms with E-state index >= 15 is 0 Å². The quantitative estimate of drug-likeness (QED) is 0.917. The van der Waals surface area contributed by atoms with Gasteiger partial charge in [-0.3, -0.25) is 4.68 Å². The molecule has 0 spiro atoms. The second kappa shape index (κ2) is 5.40. The van der Waals surface area contributed by atoms with Crippen LogP contribution in [0.5, 0.6) is 0 Å². The van der Waals surface area contributed by atoms with Gasteiger partial charge in [0.25, 0.3) is 0 Å². The minimum atomic E-state index is -0.418. The standard InChI is InChI=1S/C13H15ClFN3/c1-3-18-10(7-9(2)17-18)8-16-12-6-4-5-11(14)13(12)15/h4-7,16H,3,8H2,1-2H3. The monoisotopic (exact) mass is 267 g/mol. The molecule has 0 saturated carbocycles. The predicted molar refractivity (Wildman–Crippen MR) is 71.4 cm³/mol. The lowest BCUT2D eigenvalue weighted by Crippen LogP contribution is -2.08. The van der Waals surface area contributed by atoms with Gasteiger partial charge in [-0.2, -0.15) is 5.10 Å². The molecule has 3 nitrogen and oxygen atoms in total. The Labute approximate surface area is 111 Å². The average Bonchev–Trinajstić information content (AvgIpc) is 2.71. The summed E-state index contributed by atoms with van der Waals surface area (Å²) in [6.45, 7) is 5.28. The molecule has 0 atom stereocenters. The van der Waals surface area contributed by atoms with Crippen LogP contribution in [0.4, 0.5) is 10.1 Å². The number of rotatable bonds is 4. The summed E-state index contributed by atoms with van der Waals surface area (Å²) in [5.74, 6) is -0.418. The molecular formula is C13H15ClFN3. The van der Waals surface area contributed by atoms with Crippen LogP contribution in [0.2, 0.25) is 5.02 Å². The zero-order valence-electron chi connectivity index (χ0n) is 10.4. The van der Waals surface area contributed by atoms with E-state index in [-0.39, 0.29) is 5.02 Å². The highest BCUT2D eigenvalue weighted by molar-refractivity contribution is 6.31. The zero-order chi connectivity index (χ0) is 13.1. The van der Waals surface area contributed by atoms with E-state index in [2.05, 4.69) is 10.4 Å². The van der Waals surface area contributed by atoms with Crippen molar-refractivity contribution in [3.63, 3.8) is 0 Å². The van der Waals surface area contributed by atoms with Crippen molar-refractivity contribution in [2.75, 3.05) is 5.32 Å². The number of hydrogen-bond acceptors (Lipinski definition) is 2. The van der Waals surface area contributed by atoms with Crippen molar-refractivity contribution < 1.29 is 4.39 Å². The van der Waals surface area contributed by atoms with Crippen molar-refractivity contribution in [1.82, 2.24) is 9.78 Å². The third-order valence-corrected chi connectivity index (χ3v) is 2.99. The Morgan fingerprint density at radius 3 is 2.94 bits per heavy atom. The molecule has 2 rings (SSSR count). The molecule has 0 amide bonds. The van der Waals surface area contributed by atoms with Gasteiger partial charge < -0.3 is 5.32 Å². The molecule has 96 valence electrons. The highest BCUT2D eigenvalue weighted by Gasteiger charge is 2.08. The average molecular weight is 268 g/mol. The van der Waals surface area contributed by atoms with E-state index in [0.717, 1.165) is 17.9 Å². The summed E-state index contributed by atoms with van der Waals surface area (Å²) in [4.78, 5) is 0. The van der Waals surface area contributed by atoms with E-state index in [1.54, 1.807) is 12.1 Å². The lowest BCUT2D eigenvalue weighted by Gasteiger charge is -2.09. The molecule has 1 aromatic carbocycles. The second-order valence-electron chi connectivity index (χ2n) is 4.05.